The van der Waals surface area contributed by atoms with Crippen molar-refractivity contribution in [1.82, 2.24) is 4.98 Å². The van der Waals surface area contributed by atoms with E-state index >= 15 is 0 Å². The summed E-state index contributed by atoms with van der Waals surface area (Å²) in [5.74, 6) is -4.96. The van der Waals surface area contributed by atoms with E-state index < -0.39 is 23.7 Å². The number of hydrogen-bond acceptors (Lipinski definition) is 4. The molecule has 0 saturated heterocycles. The summed E-state index contributed by atoms with van der Waals surface area (Å²) in [7, 11) is 2.52. The Hall–Kier alpha value is -1.92. The van der Waals surface area contributed by atoms with Crippen LogP contribution in [-0.2, 0) is 10.2 Å². The Bertz CT molecular complexity index is 484. The molecule has 0 spiro atoms. The Kier molecular flexibility index (Phi) is 2.64. The molecule has 1 aromatic heterocycles. The Morgan fingerprint density at radius 2 is 1.78 bits per heavy atom. The van der Waals surface area contributed by atoms with E-state index in [1.807, 2.05) is 0 Å². The van der Waals surface area contributed by atoms with Crippen molar-refractivity contribution in [2.75, 3.05) is 14.2 Å². The van der Waals surface area contributed by atoms with Gasteiger partial charge < -0.3 is 14.6 Å². The first kappa shape index (κ1) is 12.5. The first-order valence-electron chi connectivity index (χ1n) is 5.08. The number of pyridine rings is 1. The van der Waals surface area contributed by atoms with E-state index in [9.17, 15) is 13.6 Å². The van der Waals surface area contributed by atoms with Gasteiger partial charge in [0.15, 0.2) is 5.41 Å². The van der Waals surface area contributed by atoms with Crippen molar-refractivity contribution in [2.45, 2.75) is 17.8 Å². The monoisotopic (exact) mass is 259 g/mol. The molecule has 1 N–H and O–H groups in total. The Balaban J connectivity index is 2.67. The molecular formula is C11H11F2NO4. The molecule has 1 aliphatic carbocycles. The van der Waals surface area contributed by atoms with Crippen LogP contribution in [0.15, 0.2) is 12.4 Å². The maximum atomic E-state index is 13.5. The lowest BCUT2D eigenvalue weighted by Gasteiger charge is -2.18. The molecule has 0 bridgehead atoms. The molecule has 1 atom stereocenters. The van der Waals surface area contributed by atoms with Crippen LogP contribution in [0.2, 0.25) is 0 Å². The van der Waals surface area contributed by atoms with Crippen LogP contribution in [0.1, 0.15) is 12.0 Å². The first-order valence-corrected chi connectivity index (χ1v) is 5.08. The second kappa shape index (κ2) is 3.79. The van der Waals surface area contributed by atoms with E-state index in [4.69, 9.17) is 14.6 Å². The summed E-state index contributed by atoms with van der Waals surface area (Å²) in [5.41, 5.74) is -2.45. The Morgan fingerprint density at radius 1 is 1.33 bits per heavy atom. The highest BCUT2D eigenvalue weighted by Gasteiger charge is 2.79. The third-order valence-corrected chi connectivity index (χ3v) is 3.09. The number of carboxylic acid groups (broad SMARTS) is 1. The molecule has 1 unspecified atom stereocenters. The number of nitrogens with zero attached hydrogens (tertiary/aromatic N) is 1. The quantitative estimate of drug-likeness (QED) is 0.886. The third kappa shape index (κ3) is 1.43. The predicted octanol–water partition coefficient (Wildman–Crippen LogP) is 1.46. The zero-order chi connectivity index (χ0) is 13.6. The van der Waals surface area contributed by atoms with Crippen LogP contribution in [0, 0.1) is 0 Å². The number of rotatable bonds is 4. The summed E-state index contributed by atoms with van der Waals surface area (Å²) in [6.45, 7) is 0. The van der Waals surface area contributed by atoms with E-state index in [2.05, 4.69) is 4.98 Å². The largest absolute Gasteiger partial charge is 0.495 e. The number of carboxylic acids is 1. The van der Waals surface area contributed by atoms with Crippen molar-refractivity contribution in [3.63, 3.8) is 0 Å². The van der Waals surface area contributed by atoms with E-state index in [-0.39, 0.29) is 17.1 Å². The Morgan fingerprint density at radius 3 is 2.06 bits per heavy atom. The number of hydrogen-bond donors (Lipinski definition) is 1. The van der Waals surface area contributed by atoms with Gasteiger partial charge in [-0.25, -0.2) is 8.78 Å². The van der Waals surface area contributed by atoms with Gasteiger partial charge in [0.25, 0.3) is 5.92 Å². The molecule has 1 heterocycles. The van der Waals surface area contributed by atoms with Gasteiger partial charge in [0.05, 0.1) is 32.2 Å². The Labute approximate surface area is 101 Å². The molecule has 18 heavy (non-hydrogen) atoms. The smallest absolute Gasteiger partial charge is 0.320 e. The topological polar surface area (TPSA) is 68.7 Å². The zero-order valence-electron chi connectivity index (χ0n) is 9.74. The minimum absolute atomic E-state index is 0.0195. The summed E-state index contributed by atoms with van der Waals surface area (Å²) < 4.78 is 36.9. The highest BCUT2D eigenvalue weighted by molar-refractivity contribution is 5.90. The number of methoxy groups -OCH3 is 2. The fourth-order valence-corrected chi connectivity index (χ4v) is 2.05. The van der Waals surface area contributed by atoms with Crippen LogP contribution in [-0.4, -0.2) is 36.2 Å². The van der Waals surface area contributed by atoms with Gasteiger partial charge >= 0.3 is 5.97 Å². The number of alkyl halides is 2. The van der Waals surface area contributed by atoms with Gasteiger partial charge in [0.1, 0.15) is 11.5 Å². The lowest BCUT2D eigenvalue weighted by atomic mass is 9.94. The van der Waals surface area contributed by atoms with Crippen molar-refractivity contribution in [2.24, 2.45) is 0 Å². The summed E-state index contributed by atoms with van der Waals surface area (Å²) in [4.78, 5) is 15.0. The van der Waals surface area contributed by atoms with Crippen LogP contribution < -0.4 is 9.47 Å². The average molecular weight is 259 g/mol. The van der Waals surface area contributed by atoms with Crippen LogP contribution in [0.4, 0.5) is 8.78 Å². The predicted molar refractivity (Wildman–Crippen MR) is 56.2 cm³/mol. The standard InChI is InChI=1S/C11H11F2NO4/c1-17-6-3-14-4-7(18-2)8(6)10(9(15)16)5-11(10,12)13/h3-4H,5H2,1-2H3,(H,15,16). The highest BCUT2D eigenvalue weighted by atomic mass is 19.3. The lowest BCUT2D eigenvalue weighted by molar-refractivity contribution is -0.143. The maximum Gasteiger partial charge on any atom is 0.320 e. The normalized spacial score (nSPS) is 24.4. The maximum absolute atomic E-state index is 13.5. The fraction of sp³-hybridized carbons (Fsp3) is 0.455. The first-order chi connectivity index (χ1) is 8.40. The molecule has 2 rings (SSSR count). The van der Waals surface area contributed by atoms with Crippen molar-refractivity contribution in [1.29, 1.82) is 0 Å². The fourth-order valence-electron chi connectivity index (χ4n) is 2.05. The van der Waals surface area contributed by atoms with Crippen LogP contribution in [0.5, 0.6) is 11.5 Å². The molecule has 7 heteroatoms. The second-order valence-electron chi connectivity index (χ2n) is 4.01. The lowest BCUT2D eigenvalue weighted by Crippen LogP contribution is -2.28. The van der Waals surface area contributed by atoms with Gasteiger partial charge in [-0.3, -0.25) is 9.78 Å². The average Bonchev–Trinajstić information content (AvgIpc) is 2.92. The van der Waals surface area contributed by atoms with Crippen molar-refractivity contribution >= 4 is 5.97 Å². The molecule has 0 amide bonds. The molecule has 1 aromatic rings. The SMILES string of the molecule is COc1cncc(OC)c1C1(C(=O)O)CC1(F)F. The summed E-state index contributed by atoms with van der Waals surface area (Å²) in [6, 6.07) is 0. The molecular weight excluding hydrogens is 248 g/mol. The van der Waals surface area contributed by atoms with Gasteiger partial charge in [-0.1, -0.05) is 0 Å². The number of aliphatic carboxylic acids is 1. The molecule has 0 aliphatic heterocycles. The number of ether oxygens (including phenoxy) is 2. The summed E-state index contributed by atoms with van der Waals surface area (Å²) >= 11 is 0. The molecule has 0 aromatic carbocycles. The van der Waals surface area contributed by atoms with Gasteiger partial charge in [-0.15, -0.1) is 0 Å². The molecule has 5 nitrogen and oxygen atoms in total. The van der Waals surface area contributed by atoms with Gasteiger partial charge in [0, 0.05) is 6.42 Å². The second-order valence-corrected chi connectivity index (χ2v) is 4.01. The zero-order valence-corrected chi connectivity index (χ0v) is 9.74. The van der Waals surface area contributed by atoms with Crippen molar-refractivity contribution in [3.05, 3.63) is 18.0 Å². The van der Waals surface area contributed by atoms with Crippen LogP contribution in [0.3, 0.4) is 0 Å². The highest BCUT2D eigenvalue weighted by Crippen LogP contribution is 2.65. The minimum atomic E-state index is -3.32. The molecule has 1 saturated carbocycles. The molecule has 98 valence electrons. The summed E-state index contributed by atoms with van der Waals surface area (Å²) in [5, 5.41) is 9.12. The molecule has 1 aliphatic rings. The van der Waals surface area contributed by atoms with E-state index in [0.717, 1.165) is 0 Å². The van der Waals surface area contributed by atoms with Crippen molar-refractivity contribution < 1.29 is 28.2 Å². The minimum Gasteiger partial charge on any atom is -0.495 e. The van der Waals surface area contributed by atoms with Crippen LogP contribution in [0.25, 0.3) is 0 Å². The number of carbonyl (C=O) groups is 1. The van der Waals surface area contributed by atoms with Gasteiger partial charge in [-0.2, -0.15) is 0 Å². The molecule has 1 fully saturated rings. The summed E-state index contributed by atoms with van der Waals surface area (Å²) in [6.07, 6.45) is 1.61. The third-order valence-electron chi connectivity index (χ3n) is 3.09. The van der Waals surface area contributed by atoms with Crippen LogP contribution >= 0.6 is 0 Å². The van der Waals surface area contributed by atoms with E-state index in [1.165, 1.54) is 26.6 Å². The van der Waals surface area contributed by atoms with E-state index in [1.54, 1.807) is 0 Å². The molecule has 0 radical (unpaired) electrons. The number of halogens is 2. The van der Waals surface area contributed by atoms with Gasteiger partial charge in [0.2, 0.25) is 0 Å². The number of aromatic nitrogens is 1. The van der Waals surface area contributed by atoms with E-state index in [0.29, 0.717) is 0 Å². The van der Waals surface area contributed by atoms with Crippen molar-refractivity contribution in [3.8, 4) is 11.5 Å². The van der Waals surface area contributed by atoms with Gasteiger partial charge in [-0.05, 0) is 0 Å².